The zero-order valence-corrected chi connectivity index (χ0v) is 47.6. The number of allylic oxidation sites excluding steroid dienone is 6. The Hall–Kier alpha value is -9.66. The largest absolute Gasteiger partial charge is 0.482 e. The summed E-state index contributed by atoms with van der Waals surface area (Å²) in [4.78, 5) is 71.9. The van der Waals surface area contributed by atoms with Crippen molar-refractivity contribution in [1.29, 1.82) is 21.0 Å². The lowest BCUT2D eigenvalue weighted by Crippen LogP contribution is -2.29. The van der Waals surface area contributed by atoms with Gasteiger partial charge in [-0.3, -0.25) is 24.1 Å². The van der Waals surface area contributed by atoms with E-state index in [0.717, 1.165) is 61.8 Å². The summed E-state index contributed by atoms with van der Waals surface area (Å²) in [5.41, 5.74) is -0.508. The lowest BCUT2D eigenvalue weighted by Gasteiger charge is -2.31. The molecule has 0 atom stereocenters. The smallest absolute Gasteiger partial charge is 0.281 e. The molecule has 0 bridgehead atoms. The third-order valence-electron chi connectivity index (χ3n) is 15.1. The minimum absolute atomic E-state index is 0.0495. The summed E-state index contributed by atoms with van der Waals surface area (Å²) in [7, 11) is 0. The van der Waals surface area contributed by atoms with Gasteiger partial charge >= 0.3 is 0 Å². The van der Waals surface area contributed by atoms with Gasteiger partial charge in [0, 0.05) is 81.7 Å². The molecular formula is C60H27F4N9O6S5. The Labute approximate surface area is 490 Å². The number of carbonyl (C=O) groups is 4. The monoisotopic (exact) mass is 1210 g/mol. The van der Waals surface area contributed by atoms with Crippen molar-refractivity contribution in [1.82, 2.24) is 23.6 Å². The maximum atomic E-state index is 14.6. The van der Waals surface area contributed by atoms with E-state index >= 15 is 0 Å². The van der Waals surface area contributed by atoms with Crippen LogP contribution in [0.1, 0.15) is 108 Å². The molecule has 3 aliphatic heterocycles. The number of hydrogen-bond donors (Lipinski definition) is 0. The van der Waals surface area contributed by atoms with Crippen LogP contribution in [0.5, 0.6) is 11.5 Å². The molecule has 0 N–H and O–H groups in total. The Bertz CT molecular complexity index is 4720. The highest BCUT2D eigenvalue weighted by Gasteiger charge is 2.44. The summed E-state index contributed by atoms with van der Waals surface area (Å²) in [6.45, 7) is 9.22. The first-order valence-electron chi connectivity index (χ1n) is 25.1. The minimum atomic E-state index is -1.26. The molecule has 0 spiro atoms. The molecule has 9 aromatic rings. The van der Waals surface area contributed by atoms with Gasteiger partial charge in [-0.1, -0.05) is 0 Å². The van der Waals surface area contributed by atoms with Gasteiger partial charge in [0.2, 0.25) is 0 Å². The van der Waals surface area contributed by atoms with Crippen molar-refractivity contribution in [2.45, 2.75) is 45.8 Å². The Morgan fingerprint density at radius 2 is 0.929 bits per heavy atom. The summed E-state index contributed by atoms with van der Waals surface area (Å²) in [5.74, 6) is -6.81. The van der Waals surface area contributed by atoms with Crippen LogP contribution >= 0.6 is 57.1 Å². The second kappa shape index (κ2) is 18.2. The van der Waals surface area contributed by atoms with Crippen molar-refractivity contribution in [2.24, 2.45) is 0 Å². The van der Waals surface area contributed by atoms with Gasteiger partial charge in [0.15, 0.2) is 46.2 Å². The number of thiophene rings is 4. The van der Waals surface area contributed by atoms with Gasteiger partial charge in [0.05, 0.1) is 31.2 Å². The first kappa shape index (κ1) is 52.4. The molecule has 0 radical (unpaired) electrons. The molecule has 2 aliphatic carbocycles. The number of nitrogens with zero attached hydrogens (tertiary/aromatic N) is 9. The first-order valence-corrected chi connectivity index (χ1v) is 29.1. The second-order valence-electron chi connectivity index (χ2n) is 20.6. The fourth-order valence-electron chi connectivity index (χ4n) is 11.3. The molecule has 0 unspecified atom stereocenters. The maximum absolute atomic E-state index is 14.6. The van der Waals surface area contributed by atoms with Gasteiger partial charge in [-0.25, -0.2) is 27.5 Å². The molecule has 5 aliphatic rings. The van der Waals surface area contributed by atoms with E-state index < -0.39 is 69.0 Å². The fourth-order valence-corrected chi connectivity index (χ4v) is 16.9. The van der Waals surface area contributed by atoms with Gasteiger partial charge in [-0.05, 0) is 106 Å². The molecule has 2 amide bonds. The van der Waals surface area contributed by atoms with Crippen molar-refractivity contribution < 1.29 is 46.2 Å². The zero-order valence-electron chi connectivity index (χ0n) is 43.5. The number of carbonyl (C=O) groups excluding carboxylic acids is 4. The predicted octanol–water partition coefficient (Wildman–Crippen LogP) is 14.1. The van der Waals surface area contributed by atoms with Crippen LogP contribution in [0.15, 0.2) is 70.8 Å². The summed E-state index contributed by atoms with van der Waals surface area (Å²) in [6, 6.07) is 17.5. The van der Waals surface area contributed by atoms with E-state index in [2.05, 4.69) is 0 Å². The molecular weight excluding hydrogens is 1180 g/mol. The van der Waals surface area contributed by atoms with Crippen molar-refractivity contribution in [3.05, 3.63) is 149 Å². The number of ketones is 2. The van der Waals surface area contributed by atoms with Gasteiger partial charge in [0.1, 0.15) is 80.2 Å². The molecule has 84 heavy (non-hydrogen) atoms. The number of nitriles is 4. The fraction of sp³-hybridized carbons (Fsp3) is 0.133. The minimum Gasteiger partial charge on any atom is -0.482 e. The number of imide groups is 1. The molecule has 14 rings (SSSR count). The van der Waals surface area contributed by atoms with Gasteiger partial charge in [-0.15, -0.1) is 45.3 Å². The number of ether oxygens (including phenoxy) is 2. The van der Waals surface area contributed by atoms with Crippen LogP contribution in [0.4, 0.5) is 17.6 Å². The lowest BCUT2D eigenvalue weighted by molar-refractivity contribution is 0.0658. The quantitative estimate of drug-likeness (QED) is 0.0674. The molecule has 9 heterocycles. The second-order valence-corrected chi connectivity index (χ2v) is 25.4. The summed E-state index contributed by atoms with van der Waals surface area (Å²) >= 11 is 6.14. The van der Waals surface area contributed by atoms with Crippen LogP contribution < -0.4 is 9.47 Å². The van der Waals surface area contributed by atoms with E-state index in [9.17, 15) is 57.8 Å². The summed E-state index contributed by atoms with van der Waals surface area (Å²) < 4.78 is 81.4. The number of amides is 2. The van der Waals surface area contributed by atoms with Gasteiger partial charge in [-0.2, -0.15) is 29.8 Å². The third-order valence-corrected chi connectivity index (χ3v) is 20.4. The molecule has 0 saturated carbocycles. The van der Waals surface area contributed by atoms with Crippen molar-refractivity contribution in [2.75, 3.05) is 6.54 Å². The number of rotatable bonds is 5. The highest BCUT2D eigenvalue weighted by Crippen LogP contribution is 2.59. The number of hydrogen-bond acceptors (Lipinski definition) is 19. The van der Waals surface area contributed by atoms with Crippen molar-refractivity contribution in [3.63, 3.8) is 0 Å². The van der Waals surface area contributed by atoms with Crippen LogP contribution in [0, 0.1) is 68.6 Å². The topological polar surface area (TPSA) is 237 Å². The molecule has 3 aromatic carbocycles. The van der Waals surface area contributed by atoms with Gasteiger partial charge in [0.25, 0.3) is 11.8 Å². The Balaban J connectivity index is 0.928. The number of Topliss-reactive ketones (excluding diaryl/α,β-unsaturated/α-hetero) is 2. The molecule has 406 valence electrons. The van der Waals surface area contributed by atoms with Crippen molar-refractivity contribution in [3.8, 4) is 76.2 Å². The third kappa shape index (κ3) is 7.32. The standard InChI is InChI=1S/C60H27F4N9O6S5/c1-6-73-57(76)49-50(58(73)77)70-46-44(40-16-32-54(83-40)56-38(79-60(32,4)5)10-24(81-56)8-30-42(22(19-67)20-68)26-12-34(62)36(64)14-28(26)52(30)75)48-47(71-84-72-48)43(45(46)69-49)39-15-31-53(82-39)55-37(78-59(31,2)3)9-23(80-55)7-29-41(21(17-65)18-66)25-11-33(61)35(63)13-27(25)51(29)74/h7-16H,6H2,1-5H3/b29-7-,30-8-. The van der Waals surface area contributed by atoms with Crippen LogP contribution in [-0.2, 0) is 11.2 Å². The highest BCUT2D eigenvalue weighted by atomic mass is 32.1. The number of halogens is 4. The summed E-state index contributed by atoms with van der Waals surface area (Å²) in [5, 5.41) is 39.7. The Kier molecular flexibility index (Phi) is 11.3. The Morgan fingerprint density at radius 1 is 0.548 bits per heavy atom. The molecule has 15 nitrogen and oxygen atoms in total. The first-order chi connectivity index (χ1) is 40.2. The van der Waals surface area contributed by atoms with Crippen LogP contribution in [0.25, 0.3) is 85.8 Å². The van der Waals surface area contributed by atoms with Crippen molar-refractivity contribution >= 4 is 126 Å². The number of benzene rings is 3. The van der Waals surface area contributed by atoms with Crippen LogP contribution in [0.2, 0.25) is 0 Å². The van der Waals surface area contributed by atoms with Crippen LogP contribution in [-0.4, -0.2) is 53.5 Å². The maximum Gasteiger partial charge on any atom is 0.281 e. The number of fused-ring (bicyclic) bond motifs is 11. The van der Waals surface area contributed by atoms with E-state index in [-0.39, 0.29) is 73.5 Å². The Morgan fingerprint density at radius 3 is 1.30 bits per heavy atom. The van der Waals surface area contributed by atoms with E-state index in [1.165, 1.54) is 57.5 Å². The van der Waals surface area contributed by atoms with E-state index in [1.54, 1.807) is 43.3 Å². The van der Waals surface area contributed by atoms with E-state index in [0.29, 0.717) is 62.9 Å². The highest BCUT2D eigenvalue weighted by molar-refractivity contribution is 7.25. The molecule has 6 aromatic heterocycles. The van der Waals surface area contributed by atoms with E-state index in [1.807, 2.05) is 39.8 Å². The van der Waals surface area contributed by atoms with Crippen LogP contribution in [0.3, 0.4) is 0 Å². The van der Waals surface area contributed by atoms with E-state index in [4.69, 9.17) is 28.2 Å². The molecule has 0 saturated heterocycles. The molecule has 24 heteroatoms. The lowest BCUT2D eigenvalue weighted by atomic mass is 9.93. The number of aromatic nitrogens is 4. The predicted molar refractivity (Wildman–Crippen MR) is 306 cm³/mol. The molecule has 0 fully saturated rings. The normalized spacial score (nSPS) is 16.6. The summed E-state index contributed by atoms with van der Waals surface area (Å²) in [6.07, 6.45) is 2.93. The average molecular weight is 1210 g/mol. The van der Waals surface area contributed by atoms with Gasteiger partial charge < -0.3 is 9.47 Å². The SMILES string of the molecule is CCN1C(=O)c2nc3c(-c4cc5c(s4)-c4sc(/C=C6\C(=O)c7cc(F)c(F)cc7C6=C(C#N)C#N)cc4OC5(C)C)c4nsnc4c(-c4cc5c(s4)-c4sc(/C=C6\C(=O)c7cc(F)c(F)cc7C6=C(C#N)C#N)cc4OC5(C)C)c3nc2C1=O. The zero-order chi connectivity index (χ0) is 58.9. The average Bonchev–Trinajstić information content (AvgIpc) is 1.64.